The van der Waals surface area contributed by atoms with E-state index in [1.807, 2.05) is 86.0 Å². The van der Waals surface area contributed by atoms with Gasteiger partial charge in [0.25, 0.3) is 0 Å². The van der Waals surface area contributed by atoms with Crippen LogP contribution in [0.25, 0.3) is 76.6 Å². The molecule has 3 N–H and O–H groups in total. The Morgan fingerprint density at radius 3 is 2.02 bits per heavy atom. The molecule has 0 unspecified atom stereocenters. The predicted octanol–water partition coefficient (Wildman–Crippen LogP) is 9.05. The molecule has 218 valence electrons. The van der Waals surface area contributed by atoms with Crippen LogP contribution in [0.3, 0.4) is 0 Å². The van der Waals surface area contributed by atoms with Crippen LogP contribution in [0.2, 0.25) is 0 Å². The fourth-order valence-electron chi connectivity index (χ4n) is 6.01. The summed E-state index contributed by atoms with van der Waals surface area (Å²) < 4.78 is 2.11. The van der Waals surface area contributed by atoms with E-state index in [4.69, 9.17) is 21.2 Å². The molecular formula is C37H30N8. The summed E-state index contributed by atoms with van der Waals surface area (Å²) >= 11 is 0. The van der Waals surface area contributed by atoms with Gasteiger partial charge in [-0.1, -0.05) is 77.9 Å². The van der Waals surface area contributed by atoms with Crippen molar-refractivity contribution < 1.29 is 0 Å². The first-order chi connectivity index (χ1) is 22.1. The first kappa shape index (κ1) is 27.9. The molecule has 0 radical (unpaired) electrons. The minimum Gasteiger partial charge on any atom is -0.360 e. The van der Waals surface area contributed by atoms with E-state index in [0.717, 1.165) is 66.4 Å². The number of aryl methyl sites for hydroxylation is 1. The number of rotatable bonds is 5. The molecular weight excluding hydrogens is 556 g/mol. The Bertz CT molecular complexity index is 2380. The molecule has 0 saturated carbocycles. The van der Waals surface area contributed by atoms with Crippen LogP contribution in [0.5, 0.6) is 0 Å². The van der Waals surface area contributed by atoms with Gasteiger partial charge in [-0.05, 0) is 53.1 Å². The van der Waals surface area contributed by atoms with E-state index < -0.39 is 0 Å². The third-order valence-electron chi connectivity index (χ3n) is 8.17. The second-order valence-corrected chi connectivity index (χ2v) is 10.9. The van der Waals surface area contributed by atoms with Crippen molar-refractivity contribution in [3.63, 3.8) is 0 Å². The third-order valence-corrected chi connectivity index (χ3v) is 8.17. The predicted molar refractivity (Wildman–Crippen MR) is 183 cm³/mol. The molecule has 8 aromatic rings. The maximum Gasteiger partial charge on any atom is 0.0734 e. The van der Waals surface area contributed by atoms with Crippen LogP contribution >= 0.6 is 0 Å². The van der Waals surface area contributed by atoms with Crippen molar-refractivity contribution >= 4 is 43.6 Å². The van der Waals surface area contributed by atoms with E-state index in [2.05, 4.69) is 62.2 Å². The van der Waals surface area contributed by atoms with Gasteiger partial charge in [0.05, 0.1) is 29.0 Å². The highest BCUT2D eigenvalue weighted by atomic mass is 15.1. The number of nitrogens with two attached hydrogens (primary N) is 1. The Hall–Kier alpha value is -5.95. The molecule has 0 fully saturated rings. The number of pyridine rings is 2. The number of aromatic amines is 1. The average molecular weight is 587 g/mol. The van der Waals surface area contributed by atoms with Crippen molar-refractivity contribution in [3.8, 4) is 22.5 Å². The van der Waals surface area contributed by atoms with Gasteiger partial charge in [0, 0.05) is 74.6 Å². The van der Waals surface area contributed by atoms with E-state index in [1.165, 1.54) is 10.9 Å². The third kappa shape index (κ3) is 5.25. The molecule has 4 aromatic carbocycles. The van der Waals surface area contributed by atoms with Crippen molar-refractivity contribution in [2.45, 2.75) is 13.1 Å². The van der Waals surface area contributed by atoms with E-state index in [9.17, 15) is 0 Å². The van der Waals surface area contributed by atoms with Gasteiger partial charge in [-0.2, -0.15) is 0 Å². The lowest BCUT2D eigenvalue weighted by Gasteiger charge is -2.07. The first-order valence-electron chi connectivity index (χ1n) is 14.7. The Kier molecular flexibility index (Phi) is 7.41. The summed E-state index contributed by atoms with van der Waals surface area (Å²) in [6.07, 6.45) is 4.11. The molecule has 8 heteroatoms. The van der Waals surface area contributed by atoms with Crippen LogP contribution < -0.4 is 5.73 Å². The molecule has 0 aliphatic heterocycles. The number of fused-ring (bicyclic) bond motifs is 4. The molecule has 4 heterocycles. The van der Waals surface area contributed by atoms with E-state index >= 15 is 0 Å². The fourth-order valence-corrected chi connectivity index (χ4v) is 6.01. The number of H-pyrrole nitrogens is 1. The lowest BCUT2D eigenvalue weighted by Crippen LogP contribution is -1.99. The van der Waals surface area contributed by atoms with E-state index in [0.29, 0.717) is 13.1 Å². The Morgan fingerprint density at radius 1 is 0.733 bits per heavy atom. The molecule has 0 amide bonds. The largest absolute Gasteiger partial charge is 0.360 e. The quantitative estimate of drug-likeness (QED) is 0.119. The van der Waals surface area contributed by atoms with Gasteiger partial charge in [0.2, 0.25) is 0 Å². The first-order valence-corrected chi connectivity index (χ1v) is 14.7. The normalized spacial score (nSPS) is 11.1. The number of nitrogens with zero attached hydrogens (tertiary/aromatic N) is 6. The smallest absolute Gasteiger partial charge is 0.0734 e. The average Bonchev–Trinajstić information content (AvgIpc) is 3.68. The SMILES string of the molecule is Cn1cc(-c2cc(CN=[N+]=[N-])c3ccccc3n2)c2ccccc21.NCc1cc(-c2c[nH]c3ccccc23)nc2ccccc12. The second kappa shape index (κ2) is 12.0. The van der Waals surface area contributed by atoms with Gasteiger partial charge in [-0.3, -0.25) is 0 Å². The molecule has 4 aromatic heterocycles. The van der Waals surface area contributed by atoms with Crippen LogP contribution in [0, 0.1) is 0 Å². The molecule has 8 rings (SSSR count). The number of azide groups is 1. The minimum atomic E-state index is 0.317. The lowest BCUT2D eigenvalue weighted by molar-refractivity contribution is 0.969. The van der Waals surface area contributed by atoms with Gasteiger partial charge in [0.1, 0.15) is 0 Å². The summed E-state index contributed by atoms with van der Waals surface area (Å²) in [5.41, 5.74) is 24.9. The van der Waals surface area contributed by atoms with Gasteiger partial charge in [-0.25, -0.2) is 9.97 Å². The summed E-state index contributed by atoms with van der Waals surface area (Å²) in [6.45, 7) is 0.829. The van der Waals surface area contributed by atoms with Crippen molar-refractivity contribution in [3.05, 3.63) is 143 Å². The highest BCUT2D eigenvalue weighted by molar-refractivity contribution is 5.98. The lowest BCUT2D eigenvalue weighted by atomic mass is 10.0. The van der Waals surface area contributed by atoms with Gasteiger partial charge in [0.15, 0.2) is 0 Å². The Morgan fingerprint density at radius 2 is 1.31 bits per heavy atom. The Balaban J connectivity index is 0.000000146. The van der Waals surface area contributed by atoms with Crippen molar-refractivity contribution in [1.82, 2.24) is 19.5 Å². The van der Waals surface area contributed by atoms with Crippen LogP contribution in [0.4, 0.5) is 0 Å². The number of benzene rings is 4. The maximum absolute atomic E-state index is 8.67. The van der Waals surface area contributed by atoms with Gasteiger partial charge >= 0.3 is 0 Å². The van der Waals surface area contributed by atoms with Gasteiger partial charge < -0.3 is 15.3 Å². The van der Waals surface area contributed by atoms with Gasteiger partial charge in [-0.15, -0.1) is 0 Å². The highest BCUT2D eigenvalue weighted by Gasteiger charge is 2.13. The standard InChI is InChI=1S/C19H15N5.C18H15N3/c1-24-12-16(15-7-3-5-9-19(15)24)18-10-13(11-21-23-20)14-6-2-4-8-17(14)22-18;19-10-12-9-18(21-17-8-4-1-5-13(12)17)15-11-20-16-7-3-2-6-14(15)16/h2-10,12H,11H2,1H3;1-9,11,20H,10,19H2. The van der Waals surface area contributed by atoms with Crippen molar-refractivity contribution in [2.24, 2.45) is 17.9 Å². The topological polar surface area (TPSA) is 121 Å². The molecule has 0 saturated heterocycles. The number of nitrogens with one attached hydrogen (secondary N) is 1. The zero-order valence-electron chi connectivity index (χ0n) is 24.7. The molecule has 8 nitrogen and oxygen atoms in total. The number of hydrogen-bond acceptors (Lipinski definition) is 4. The van der Waals surface area contributed by atoms with Crippen molar-refractivity contribution in [1.29, 1.82) is 0 Å². The molecule has 0 aliphatic rings. The number of hydrogen-bond donors (Lipinski definition) is 2. The molecule has 0 aliphatic carbocycles. The minimum absolute atomic E-state index is 0.317. The Labute approximate surface area is 259 Å². The molecule has 0 bridgehead atoms. The zero-order valence-corrected chi connectivity index (χ0v) is 24.7. The summed E-state index contributed by atoms with van der Waals surface area (Å²) in [7, 11) is 2.04. The number of para-hydroxylation sites is 4. The van der Waals surface area contributed by atoms with Crippen LogP contribution in [0.15, 0.2) is 127 Å². The van der Waals surface area contributed by atoms with Crippen LogP contribution in [-0.2, 0) is 20.1 Å². The molecule has 45 heavy (non-hydrogen) atoms. The summed E-state index contributed by atoms with van der Waals surface area (Å²) in [4.78, 5) is 15.8. The summed E-state index contributed by atoms with van der Waals surface area (Å²) in [5.74, 6) is 0. The van der Waals surface area contributed by atoms with E-state index in [-0.39, 0.29) is 0 Å². The summed E-state index contributed by atoms with van der Waals surface area (Å²) in [5, 5.41) is 8.24. The zero-order chi connectivity index (χ0) is 30.8. The molecule has 0 atom stereocenters. The summed E-state index contributed by atoms with van der Waals surface area (Å²) in [6, 6.07) is 36.7. The molecule has 0 spiro atoms. The maximum atomic E-state index is 8.67. The highest BCUT2D eigenvalue weighted by Crippen LogP contribution is 2.32. The monoisotopic (exact) mass is 586 g/mol. The fraction of sp³-hybridized carbons (Fsp3) is 0.0811. The van der Waals surface area contributed by atoms with Crippen LogP contribution in [-0.4, -0.2) is 19.5 Å². The number of aromatic nitrogens is 4. The van der Waals surface area contributed by atoms with E-state index in [1.54, 1.807) is 0 Å². The van der Waals surface area contributed by atoms with Crippen molar-refractivity contribution in [2.75, 3.05) is 0 Å². The van der Waals surface area contributed by atoms with Crippen LogP contribution in [0.1, 0.15) is 11.1 Å². The second-order valence-electron chi connectivity index (χ2n) is 10.9.